The molecular weight excluding hydrogens is 344 g/mol. The Balaban J connectivity index is 1.95. The van der Waals surface area contributed by atoms with Crippen LogP contribution in [0.15, 0.2) is 29.2 Å². The highest BCUT2D eigenvalue weighted by atomic mass is 32.2. The van der Waals surface area contributed by atoms with Crippen molar-refractivity contribution in [1.82, 2.24) is 9.21 Å². The monoisotopic (exact) mass is 368 g/mol. The molecule has 25 heavy (non-hydrogen) atoms. The molecule has 1 aliphatic heterocycles. The fourth-order valence-corrected chi connectivity index (χ4v) is 4.33. The van der Waals surface area contributed by atoms with Gasteiger partial charge in [0, 0.05) is 26.6 Å². The van der Waals surface area contributed by atoms with Crippen molar-refractivity contribution in [3.8, 4) is 0 Å². The van der Waals surface area contributed by atoms with E-state index in [2.05, 4.69) is 0 Å². The quantitative estimate of drug-likeness (QED) is 0.784. The lowest BCUT2D eigenvalue weighted by Gasteiger charge is -2.25. The lowest BCUT2D eigenvalue weighted by Crippen LogP contribution is -2.35. The van der Waals surface area contributed by atoms with Crippen molar-refractivity contribution in [3.05, 3.63) is 29.8 Å². The first-order valence-corrected chi connectivity index (χ1v) is 9.79. The molecule has 0 radical (unpaired) electrons. The molecule has 0 aromatic heterocycles. The molecular formula is C17H24N2O5S. The van der Waals surface area contributed by atoms with Crippen LogP contribution in [-0.2, 0) is 26.0 Å². The molecule has 1 heterocycles. The summed E-state index contributed by atoms with van der Waals surface area (Å²) in [5.41, 5.74) is 0.842. The number of sulfonamides is 1. The second kappa shape index (κ2) is 8.44. The van der Waals surface area contributed by atoms with Gasteiger partial charge in [0.2, 0.25) is 15.9 Å². The van der Waals surface area contributed by atoms with Crippen LogP contribution in [0.1, 0.15) is 31.2 Å². The van der Waals surface area contributed by atoms with Gasteiger partial charge in [-0.3, -0.25) is 9.59 Å². The Morgan fingerprint density at radius 1 is 1.12 bits per heavy atom. The zero-order chi connectivity index (χ0) is 18.4. The molecule has 1 aliphatic rings. The number of aryl methyl sites for hydroxylation is 1. The number of amides is 1. The number of piperidine rings is 1. The van der Waals surface area contributed by atoms with Crippen molar-refractivity contribution in [2.75, 3.05) is 26.7 Å². The third-order valence-electron chi connectivity index (χ3n) is 4.30. The number of nitrogens with zero attached hydrogens (tertiary/aromatic N) is 2. The maximum atomic E-state index is 12.6. The molecule has 2 rings (SSSR count). The summed E-state index contributed by atoms with van der Waals surface area (Å²) in [7, 11) is -1.99. The summed E-state index contributed by atoms with van der Waals surface area (Å²) in [6.07, 6.45) is 3.47. The molecule has 138 valence electrons. The number of carboxylic acids is 1. The molecule has 1 saturated heterocycles. The molecule has 0 saturated carbocycles. The fourth-order valence-electron chi connectivity index (χ4n) is 2.82. The largest absolute Gasteiger partial charge is 0.480 e. The fraction of sp³-hybridized carbons (Fsp3) is 0.529. The maximum Gasteiger partial charge on any atom is 0.323 e. The summed E-state index contributed by atoms with van der Waals surface area (Å²) in [6.45, 7) is 0.800. The van der Waals surface area contributed by atoms with Gasteiger partial charge in [0.1, 0.15) is 6.54 Å². The van der Waals surface area contributed by atoms with Crippen molar-refractivity contribution in [2.24, 2.45) is 0 Å². The molecule has 0 unspecified atom stereocenters. The van der Waals surface area contributed by atoms with Crippen LogP contribution in [0, 0.1) is 0 Å². The number of carbonyl (C=O) groups is 2. The average molecular weight is 368 g/mol. The molecule has 0 atom stereocenters. The van der Waals surface area contributed by atoms with Crippen LogP contribution in [0.25, 0.3) is 0 Å². The van der Waals surface area contributed by atoms with Crippen molar-refractivity contribution < 1.29 is 23.1 Å². The predicted molar refractivity (Wildman–Crippen MR) is 92.6 cm³/mol. The van der Waals surface area contributed by atoms with Crippen LogP contribution in [0.2, 0.25) is 0 Å². The topological polar surface area (TPSA) is 95.0 Å². The molecule has 7 nitrogen and oxygen atoms in total. The molecule has 1 aromatic rings. The van der Waals surface area contributed by atoms with Crippen LogP contribution >= 0.6 is 0 Å². The van der Waals surface area contributed by atoms with Gasteiger partial charge in [0.25, 0.3) is 0 Å². The van der Waals surface area contributed by atoms with E-state index >= 15 is 0 Å². The van der Waals surface area contributed by atoms with Crippen LogP contribution < -0.4 is 0 Å². The lowest BCUT2D eigenvalue weighted by atomic mass is 10.1. The van der Waals surface area contributed by atoms with E-state index in [-0.39, 0.29) is 23.8 Å². The second-order valence-corrected chi connectivity index (χ2v) is 8.19. The smallest absolute Gasteiger partial charge is 0.323 e. The van der Waals surface area contributed by atoms with E-state index < -0.39 is 16.0 Å². The van der Waals surface area contributed by atoms with E-state index in [0.717, 1.165) is 29.7 Å². The zero-order valence-electron chi connectivity index (χ0n) is 14.3. The van der Waals surface area contributed by atoms with E-state index in [1.54, 1.807) is 24.3 Å². The Bertz CT molecular complexity index is 709. The van der Waals surface area contributed by atoms with Gasteiger partial charge >= 0.3 is 5.97 Å². The standard InChI is InChI=1S/C17H24N2O5S/c1-18(13-17(21)22)16(20)10-7-14-5-8-15(9-6-14)25(23,24)19-11-3-2-4-12-19/h5-6,8-9H,2-4,7,10-13H2,1H3,(H,21,22). The first-order chi connectivity index (χ1) is 11.8. The van der Waals surface area contributed by atoms with Crippen LogP contribution in [0.3, 0.4) is 0 Å². The van der Waals surface area contributed by atoms with Gasteiger partial charge in [-0.15, -0.1) is 0 Å². The molecule has 0 spiro atoms. The third-order valence-corrected chi connectivity index (χ3v) is 6.21. The summed E-state index contributed by atoms with van der Waals surface area (Å²) >= 11 is 0. The Kier molecular flexibility index (Phi) is 6.55. The number of carboxylic acid groups (broad SMARTS) is 1. The Hall–Kier alpha value is -1.93. The third kappa shape index (κ3) is 5.27. The number of benzene rings is 1. The molecule has 8 heteroatoms. The lowest BCUT2D eigenvalue weighted by molar-refractivity contribution is -0.143. The summed E-state index contributed by atoms with van der Waals surface area (Å²) in [5.74, 6) is -1.31. The maximum absolute atomic E-state index is 12.6. The highest BCUT2D eigenvalue weighted by Crippen LogP contribution is 2.21. The summed E-state index contributed by atoms with van der Waals surface area (Å²) in [4.78, 5) is 23.9. The number of likely N-dealkylation sites (N-methyl/N-ethyl adjacent to an activating group) is 1. The molecule has 0 bridgehead atoms. The molecule has 1 aromatic carbocycles. The Labute approximate surface area is 148 Å². The van der Waals surface area contributed by atoms with Crippen molar-refractivity contribution in [2.45, 2.75) is 37.0 Å². The minimum absolute atomic E-state index is 0.183. The number of hydrogen-bond donors (Lipinski definition) is 1. The van der Waals surface area contributed by atoms with Gasteiger partial charge in [-0.2, -0.15) is 4.31 Å². The average Bonchev–Trinajstić information content (AvgIpc) is 2.60. The molecule has 0 aliphatic carbocycles. The number of rotatable bonds is 7. The first-order valence-electron chi connectivity index (χ1n) is 8.35. The van der Waals surface area contributed by atoms with E-state index in [0.29, 0.717) is 19.5 Å². The van der Waals surface area contributed by atoms with Gasteiger partial charge in [-0.1, -0.05) is 18.6 Å². The number of hydrogen-bond acceptors (Lipinski definition) is 4. The summed E-state index contributed by atoms with van der Waals surface area (Å²) in [5, 5.41) is 8.68. The van der Waals surface area contributed by atoms with Crippen LogP contribution in [0.4, 0.5) is 0 Å². The second-order valence-electron chi connectivity index (χ2n) is 6.25. The SMILES string of the molecule is CN(CC(=O)O)C(=O)CCc1ccc(S(=O)(=O)N2CCCCC2)cc1. The minimum atomic E-state index is -3.44. The van der Waals surface area contributed by atoms with E-state index in [1.165, 1.54) is 11.4 Å². The normalized spacial score (nSPS) is 15.7. The van der Waals surface area contributed by atoms with E-state index in [1.807, 2.05) is 0 Å². The highest BCUT2D eigenvalue weighted by Gasteiger charge is 2.25. The van der Waals surface area contributed by atoms with Crippen molar-refractivity contribution in [3.63, 3.8) is 0 Å². The Morgan fingerprint density at radius 3 is 2.28 bits per heavy atom. The minimum Gasteiger partial charge on any atom is -0.480 e. The van der Waals surface area contributed by atoms with Gasteiger partial charge in [-0.05, 0) is 37.0 Å². The van der Waals surface area contributed by atoms with Crippen molar-refractivity contribution in [1.29, 1.82) is 0 Å². The molecule has 1 fully saturated rings. The number of aliphatic carboxylic acids is 1. The van der Waals surface area contributed by atoms with Crippen LogP contribution in [0.5, 0.6) is 0 Å². The van der Waals surface area contributed by atoms with Gasteiger partial charge < -0.3 is 10.0 Å². The van der Waals surface area contributed by atoms with Gasteiger partial charge in [-0.25, -0.2) is 8.42 Å². The zero-order valence-corrected chi connectivity index (χ0v) is 15.2. The molecule has 1 N–H and O–H groups in total. The van der Waals surface area contributed by atoms with Crippen molar-refractivity contribution >= 4 is 21.9 Å². The van der Waals surface area contributed by atoms with Gasteiger partial charge in [0.05, 0.1) is 4.90 Å². The van der Waals surface area contributed by atoms with E-state index in [9.17, 15) is 18.0 Å². The van der Waals surface area contributed by atoms with Crippen LogP contribution in [-0.4, -0.2) is 61.3 Å². The Morgan fingerprint density at radius 2 is 1.72 bits per heavy atom. The van der Waals surface area contributed by atoms with E-state index in [4.69, 9.17) is 5.11 Å². The van der Waals surface area contributed by atoms with Gasteiger partial charge in [0.15, 0.2) is 0 Å². The summed E-state index contributed by atoms with van der Waals surface area (Å²) in [6, 6.07) is 6.57. The first kappa shape index (κ1) is 19.4. The summed E-state index contributed by atoms with van der Waals surface area (Å²) < 4.78 is 26.7. The molecule has 1 amide bonds. The highest BCUT2D eigenvalue weighted by molar-refractivity contribution is 7.89. The number of carbonyl (C=O) groups excluding carboxylic acids is 1. The predicted octanol–water partition coefficient (Wildman–Crippen LogP) is 1.34.